The molecule has 7 nitrogen and oxygen atoms in total. The molecule has 4 aromatic rings. The number of thioether (sulfide) groups is 1. The van der Waals surface area contributed by atoms with Crippen LogP contribution in [0.2, 0.25) is 0 Å². The summed E-state index contributed by atoms with van der Waals surface area (Å²) in [5.74, 6) is 8.21. The van der Waals surface area contributed by atoms with Crippen molar-refractivity contribution < 1.29 is 9.53 Å². The average molecular weight is 488 g/mol. The number of ether oxygens (including phenoxy) is 1. The molecule has 180 valence electrons. The maximum absolute atomic E-state index is 12.5. The summed E-state index contributed by atoms with van der Waals surface area (Å²) in [6.07, 6.45) is 0. The van der Waals surface area contributed by atoms with E-state index in [-0.39, 0.29) is 17.1 Å². The Morgan fingerprint density at radius 2 is 1.54 bits per heavy atom. The van der Waals surface area contributed by atoms with E-state index in [4.69, 9.17) is 10.6 Å². The van der Waals surface area contributed by atoms with Crippen molar-refractivity contribution in [2.45, 2.75) is 38.3 Å². The lowest BCUT2D eigenvalue weighted by atomic mass is 9.87. The first kappa shape index (κ1) is 24.3. The Hall–Kier alpha value is -3.78. The van der Waals surface area contributed by atoms with Gasteiger partial charge in [0.1, 0.15) is 11.5 Å². The number of nitrogen functional groups attached to an aromatic ring is 1. The number of carbonyl (C=O) groups is 1. The third kappa shape index (κ3) is 6.22. The van der Waals surface area contributed by atoms with Gasteiger partial charge in [-0.1, -0.05) is 74.5 Å². The normalized spacial score (nSPS) is 11.3. The van der Waals surface area contributed by atoms with Crippen molar-refractivity contribution in [2.75, 3.05) is 16.9 Å². The lowest BCUT2D eigenvalue weighted by molar-refractivity contribution is -0.113. The molecule has 1 amide bonds. The predicted octanol–water partition coefficient (Wildman–Crippen LogP) is 5.79. The van der Waals surface area contributed by atoms with Gasteiger partial charge in [0.05, 0.1) is 5.75 Å². The molecule has 35 heavy (non-hydrogen) atoms. The van der Waals surface area contributed by atoms with Crippen molar-refractivity contribution >= 4 is 23.4 Å². The molecular formula is C27H29N5O2S. The minimum Gasteiger partial charge on any atom is -0.457 e. The summed E-state index contributed by atoms with van der Waals surface area (Å²) in [6.45, 7) is 8.53. The summed E-state index contributed by atoms with van der Waals surface area (Å²) < 4.78 is 7.24. The fraction of sp³-hybridized carbons (Fsp3) is 0.222. The number of nitrogens with two attached hydrogens (primary N) is 1. The Bertz CT molecular complexity index is 1290. The second-order valence-corrected chi connectivity index (χ2v) is 10.2. The molecule has 0 spiro atoms. The quantitative estimate of drug-likeness (QED) is 0.253. The Morgan fingerprint density at radius 1 is 0.943 bits per heavy atom. The number of hydrogen-bond acceptors (Lipinski definition) is 6. The molecule has 4 rings (SSSR count). The number of amides is 1. The van der Waals surface area contributed by atoms with Crippen LogP contribution in [0.5, 0.6) is 11.5 Å². The van der Waals surface area contributed by atoms with Gasteiger partial charge in [0.2, 0.25) is 11.1 Å². The van der Waals surface area contributed by atoms with E-state index in [0.717, 1.165) is 11.3 Å². The van der Waals surface area contributed by atoms with Gasteiger partial charge in [-0.05, 0) is 54.3 Å². The largest absolute Gasteiger partial charge is 0.457 e. The highest BCUT2D eigenvalue weighted by Gasteiger charge is 2.16. The lowest BCUT2D eigenvalue weighted by Crippen LogP contribution is -2.16. The van der Waals surface area contributed by atoms with E-state index >= 15 is 0 Å². The number of benzene rings is 3. The van der Waals surface area contributed by atoms with Crippen LogP contribution in [-0.4, -0.2) is 26.5 Å². The Kier molecular flexibility index (Phi) is 7.12. The molecule has 0 bridgehead atoms. The molecule has 0 aliphatic heterocycles. The van der Waals surface area contributed by atoms with Crippen LogP contribution in [0.3, 0.4) is 0 Å². The van der Waals surface area contributed by atoms with Crippen LogP contribution in [0.25, 0.3) is 11.4 Å². The van der Waals surface area contributed by atoms with Crippen LogP contribution in [0.1, 0.15) is 31.9 Å². The van der Waals surface area contributed by atoms with Crippen molar-refractivity contribution in [3.63, 3.8) is 0 Å². The zero-order chi connectivity index (χ0) is 25.0. The molecule has 3 aromatic carbocycles. The van der Waals surface area contributed by atoms with Crippen molar-refractivity contribution in [2.24, 2.45) is 0 Å². The first-order chi connectivity index (χ1) is 16.7. The van der Waals surface area contributed by atoms with E-state index < -0.39 is 0 Å². The number of nitrogens with one attached hydrogen (secondary N) is 1. The van der Waals surface area contributed by atoms with Crippen LogP contribution in [0.15, 0.2) is 78.0 Å². The molecule has 0 saturated heterocycles. The molecule has 8 heteroatoms. The second kappa shape index (κ2) is 10.2. The summed E-state index contributed by atoms with van der Waals surface area (Å²) in [7, 11) is 0. The number of carbonyl (C=O) groups excluding carboxylic acids is 1. The summed E-state index contributed by atoms with van der Waals surface area (Å²) in [5, 5.41) is 11.7. The Labute approximate surface area is 209 Å². The zero-order valence-corrected chi connectivity index (χ0v) is 21.1. The van der Waals surface area contributed by atoms with E-state index in [0.29, 0.717) is 22.4 Å². The molecule has 1 heterocycles. The van der Waals surface area contributed by atoms with Gasteiger partial charge >= 0.3 is 0 Å². The van der Waals surface area contributed by atoms with E-state index in [1.54, 1.807) is 12.1 Å². The van der Waals surface area contributed by atoms with Crippen molar-refractivity contribution in [3.8, 4) is 22.9 Å². The maximum atomic E-state index is 12.5. The van der Waals surface area contributed by atoms with Gasteiger partial charge in [-0.2, -0.15) is 0 Å². The number of hydrogen-bond donors (Lipinski definition) is 2. The third-order valence-electron chi connectivity index (χ3n) is 5.40. The van der Waals surface area contributed by atoms with Gasteiger partial charge in [0.15, 0.2) is 5.82 Å². The van der Waals surface area contributed by atoms with Crippen LogP contribution in [0.4, 0.5) is 5.69 Å². The second-order valence-electron chi connectivity index (χ2n) is 9.28. The Morgan fingerprint density at radius 3 is 2.14 bits per heavy atom. The molecule has 0 aliphatic carbocycles. The summed E-state index contributed by atoms with van der Waals surface area (Å²) in [5.41, 5.74) is 4.02. The lowest BCUT2D eigenvalue weighted by Gasteiger charge is -2.19. The molecule has 0 radical (unpaired) electrons. The Balaban J connectivity index is 1.32. The van der Waals surface area contributed by atoms with E-state index in [1.165, 1.54) is 27.6 Å². The van der Waals surface area contributed by atoms with Crippen LogP contribution in [-0.2, 0) is 10.2 Å². The van der Waals surface area contributed by atoms with Gasteiger partial charge < -0.3 is 15.9 Å². The fourth-order valence-electron chi connectivity index (χ4n) is 3.37. The van der Waals surface area contributed by atoms with Gasteiger partial charge in [-0.3, -0.25) is 4.79 Å². The number of rotatable bonds is 7. The number of aromatic nitrogens is 3. The molecule has 0 atom stereocenters. The van der Waals surface area contributed by atoms with Crippen LogP contribution >= 0.6 is 11.8 Å². The summed E-state index contributed by atoms with van der Waals surface area (Å²) in [4.78, 5) is 12.5. The highest BCUT2D eigenvalue weighted by Crippen LogP contribution is 2.27. The summed E-state index contributed by atoms with van der Waals surface area (Å²) >= 11 is 1.23. The molecule has 0 unspecified atom stereocenters. The van der Waals surface area contributed by atoms with Crippen LogP contribution < -0.4 is 15.9 Å². The van der Waals surface area contributed by atoms with Crippen molar-refractivity contribution in [1.29, 1.82) is 0 Å². The van der Waals surface area contributed by atoms with Crippen molar-refractivity contribution in [3.05, 3.63) is 83.9 Å². The van der Waals surface area contributed by atoms with Crippen LogP contribution in [0, 0.1) is 6.92 Å². The molecule has 1 aromatic heterocycles. The maximum Gasteiger partial charge on any atom is 0.234 e. The SMILES string of the molecule is Cc1ccc(Oc2ccc(NC(=O)CSc3nnc(-c4ccc(C(C)(C)C)cc4)n3N)cc2)cc1. The minimum atomic E-state index is -0.165. The molecule has 3 N–H and O–H groups in total. The number of anilines is 1. The molecule has 0 saturated carbocycles. The monoisotopic (exact) mass is 487 g/mol. The molecular weight excluding hydrogens is 458 g/mol. The van der Waals surface area contributed by atoms with Gasteiger partial charge in [0.25, 0.3) is 0 Å². The number of nitrogens with zero attached hydrogens (tertiary/aromatic N) is 3. The molecule has 0 fully saturated rings. The smallest absolute Gasteiger partial charge is 0.234 e. The van der Waals surface area contributed by atoms with E-state index in [2.05, 4.69) is 48.4 Å². The zero-order valence-electron chi connectivity index (χ0n) is 20.3. The fourth-order valence-corrected chi connectivity index (χ4v) is 4.02. The standard InChI is InChI=1S/C27H29N5O2S/c1-18-5-13-22(14-6-18)34-23-15-11-21(12-16-23)29-24(33)17-35-26-31-30-25(32(26)28)19-7-9-20(10-8-19)27(2,3)4/h5-16H,17,28H2,1-4H3,(H,29,33). The first-order valence-electron chi connectivity index (χ1n) is 11.3. The van der Waals surface area contributed by atoms with Gasteiger partial charge in [-0.25, -0.2) is 4.68 Å². The van der Waals surface area contributed by atoms with E-state index in [1.807, 2.05) is 55.5 Å². The average Bonchev–Trinajstić information content (AvgIpc) is 3.20. The first-order valence-corrected chi connectivity index (χ1v) is 12.3. The predicted molar refractivity (Wildman–Crippen MR) is 141 cm³/mol. The highest BCUT2D eigenvalue weighted by atomic mass is 32.2. The van der Waals surface area contributed by atoms with Gasteiger partial charge in [-0.15, -0.1) is 10.2 Å². The molecule has 0 aliphatic rings. The van der Waals surface area contributed by atoms with Gasteiger partial charge in [0, 0.05) is 11.3 Å². The third-order valence-corrected chi connectivity index (χ3v) is 6.34. The van der Waals surface area contributed by atoms with Crippen molar-refractivity contribution in [1.82, 2.24) is 14.9 Å². The topological polar surface area (TPSA) is 95.1 Å². The highest BCUT2D eigenvalue weighted by molar-refractivity contribution is 7.99. The minimum absolute atomic E-state index is 0.0672. The number of aryl methyl sites for hydroxylation is 1. The van der Waals surface area contributed by atoms with E-state index in [9.17, 15) is 4.79 Å². The summed E-state index contributed by atoms with van der Waals surface area (Å²) in [6, 6.07) is 23.2.